The Labute approximate surface area is 110 Å². The summed E-state index contributed by atoms with van der Waals surface area (Å²) in [4.78, 5) is 14.0. The van der Waals surface area contributed by atoms with Gasteiger partial charge in [0, 0.05) is 25.2 Å². The van der Waals surface area contributed by atoms with Crippen molar-refractivity contribution in [3.63, 3.8) is 0 Å². The molecule has 1 saturated heterocycles. The highest BCUT2D eigenvalue weighted by molar-refractivity contribution is 5.77. The third-order valence-electron chi connectivity index (χ3n) is 2.86. The second-order valence-electron chi connectivity index (χ2n) is 5.79. The largest absolute Gasteiger partial charge is 0.351 e. The molecule has 0 bridgehead atoms. The molecule has 0 saturated carbocycles. The summed E-state index contributed by atoms with van der Waals surface area (Å²) in [5, 5.41) is 15.4. The van der Waals surface area contributed by atoms with Gasteiger partial charge in [-0.3, -0.25) is 9.69 Å². The van der Waals surface area contributed by atoms with E-state index in [2.05, 4.69) is 21.6 Å². The van der Waals surface area contributed by atoms with Crippen molar-refractivity contribution in [2.75, 3.05) is 26.2 Å². The third kappa shape index (κ3) is 5.48. The van der Waals surface area contributed by atoms with Crippen LogP contribution in [0.5, 0.6) is 0 Å². The number of hydrogen-bond donors (Lipinski definition) is 2. The van der Waals surface area contributed by atoms with Crippen molar-refractivity contribution >= 4 is 5.91 Å². The van der Waals surface area contributed by atoms with Crippen molar-refractivity contribution in [1.82, 2.24) is 15.5 Å². The molecule has 1 aliphatic heterocycles. The van der Waals surface area contributed by atoms with E-state index < -0.39 is 0 Å². The van der Waals surface area contributed by atoms with Gasteiger partial charge in [0.2, 0.25) is 5.91 Å². The van der Waals surface area contributed by atoms with Gasteiger partial charge in [0.1, 0.15) is 6.04 Å². The first kappa shape index (κ1) is 14.9. The Balaban J connectivity index is 2.50. The quantitative estimate of drug-likeness (QED) is 0.766. The Morgan fingerprint density at radius 2 is 2.17 bits per heavy atom. The average Bonchev–Trinajstić information content (AvgIpc) is 2.51. The number of nitrogens with one attached hydrogen (secondary N) is 2. The van der Waals surface area contributed by atoms with E-state index in [4.69, 9.17) is 0 Å². The summed E-state index contributed by atoms with van der Waals surface area (Å²) in [7, 11) is 0. The number of carbonyl (C=O) groups is 1. The summed E-state index contributed by atoms with van der Waals surface area (Å²) in [5.74, 6) is -0.0498. The van der Waals surface area contributed by atoms with Gasteiger partial charge >= 0.3 is 0 Å². The highest BCUT2D eigenvalue weighted by Gasteiger charge is 2.23. The molecule has 1 unspecified atom stereocenters. The SMILES string of the molecule is CC(C)(C)NC(=O)CC(C#N)N1CCCNCC1. The van der Waals surface area contributed by atoms with E-state index >= 15 is 0 Å². The molecule has 5 heteroatoms. The molecule has 0 aromatic heterocycles. The Morgan fingerprint density at radius 3 is 2.78 bits per heavy atom. The second-order valence-corrected chi connectivity index (χ2v) is 5.79. The molecule has 5 nitrogen and oxygen atoms in total. The van der Waals surface area contributed by atoms with E-state index in [1.165, 1.54) is 0 Å². The predicted molar refractivity (Wildman–Crippen MR) is 71.0 cm³/mol. The van der Waals surface area contributed by atoms with Gasteiger partial charge in [-0.05, 0) is 33.7 Å². The first-order valence-electron chi connectivity index (χ1n) is 6.58. The lowest BCUT2D eigenvalue weighted by molar-refractivity contribution is -0.123. The maximum atomic E-state index is 11.9. The molecular weight excluding hydrogens is 228 g/mol. The standard InChI is InChI=1S/C13H24N4O/c1-13(2,3)16-12(18)9-11(10-14)17-7-4-5-15-6-8-17/h11,15H,4-9H2,1-3H3,(H,16,18). The molecule has 1 atom stereocenters. The van der Waals surface area contributed by atoms with Crippen LogP contribution in [-0.4, -0.2) is 48.6 Å². The summed E-state index contributed by atoms with van der Waals surface area (Å²) < 4.78 is 0. The Hall–Kier alpha value is -1.12. The maximum Gasteiger partial charge on any atom is 0.223 e. The molecule has 2 N–H and O–H groups in total. The minimum absolute atomic E-state index is 0.0498. The fourth-order valence-corrected chi connectivity index (χ4v) is 2.08. The van der Waals surface area contributed by atoms with Crippen molar-refractivity contribution in [2.24, 2.45) is 0 Å². The number of rotatable bonds is 3. The third-order valence-corrected chi connectivity index (χ3v) is 2.86. The van der Waals surface area contributed by atoms with E-state index in [9.17, 15) is 10.1 Å². The minimum Gasteiger partial charge on any atom is -0.351 e. The van der Waals surface area contributed by atoms with Crippen LogP contribution in [0.25, 0.3) is 0 Å². The van der Waals surface area contributed by atoms with Gasteiger partial charge in [-0.1, -0.05) is 0 Å². The molecule has 1 aliphatic rings. The van der Waals surface area contributed by atoms with Crippen molar-refractivity contribution in [3.8, 4) is 6.07 Å². The van der Waals surface area contributed by atoms with Gasteiger partial charge in [-0.25, -0.2) is 0 Å². The molecule has 1 amide bonds. The first-order valence-corrected chi connectivity index (χ1v) is 6.58. The van der Waals surface area contributed by atoms with Crippen LogP contribution in [0.1, 0.15) is 33.6 Å². The zero-order valence-corrected chi connectivity index (χ0v) is 11.6. The topological polar surface area (TPSA) is 68.2 Å². The number of nitrogens with zero attached hydrogens (tertiary/aromatic N) is 2. The van der Waals surface area contributed by atoms with Crippen LogP contribution < -0.4 is 10.6 Å². The summed E-state index contributed by atoms with van der Waals surface area (Å²) in [6.45, 7) is 9.43. The highest BCUT2D eigenvalue weighted by atomic mass is 16.1. The Morgan fingerprint density at radius 1 is 1.44 bits per heavy atom. The van der Waals surface area contributed by atoms with Crippen LogP contribution in [-0.2, 0) is 4.79 Å². The molecule has 102 valence electrons. The van der Waals surface area contributed by atoms with Gasteiger partial charge in [0.05, 0.1) is 12.5 Å². The van der Waals surface area contributed by atoms with Crippen molar-refractivity contribution < 1.29 is 4.79 Å². The number of nitriles is 1. The van der Waals surface area contributed by atoms with Crippen LogP contribution in [0.2, 0.25) is 0 Å². The van der Waals surface area contributed by atoms with Crippen molar-refractivity contribution in [2.45, 2.75) is 45.2 Å². The van der Waals surface area contributed by atoms with E-state index in [1.807, 2.05) is 20.8 Å². The lowest BCUT2D eigenvalue weighted by Crippen LogP contribution is -2.45. The lowest BCUT2D eigenvalue weighted by Gasteiger charge is -2.26. The number of amides is 1. The summed E-state index contributed by atoms with van der Waals surface area (Å²) in [6.07, 6.45) is 1.28. The molecule has 0 aliphatic carbocycles. The molecule has 1 heterocycles. The van der Waals surface area contributed by atoms with Gasteiger partial charge in [-0.15, -0.1) is 0 Å². The molecule has 0 aromatic carbocycles. The monoisotopic (exact) mass is 252 g/mol. The van der Waals surface area contributed by atoms with Gasteiger partial charge < -0.3 is 10.6 Å². The molecule has 0 aromatic rings. The Kier molecular flexibility index (Phi) is 5.57. The summed E-state index contributed by atoms with van der Waals surface area (Å²) in [6, 6.07) is 1.94. The van der Waals surface area contributed by atoms with Crippen LogP contribution in [0, 0.1) is 11.3 Å². The van der Waals surface area contributed by atoms with Crippen LogP contribution >= 0.6 is 0 Å². The van der Waals surface area contributed by atoms with Crippen molar-refractivity contribution in [3.05, 3.63) is 0 Å². The Bertz CT molecular complexity index is 308. The smallest absolute Gasteiger partial charge is 0.223 e. The lowest BCUT2D eigenvalue weighted by atomic mass is 10.1. The molecule has 0 spiro atoms. The van der Waals surface area contributed by atoms with Crippen LogP contribution in [0.3, 0.4) is 0 Å². The van der Waals surface area contributed by atoms with E-state index in [1.54, 1.807) is 0 Å². The fourth-order valence-electron chi connectivity index (χ4n) is 2.08. The molecular formula is C13H24N4O. The predicted octanol–water partition coefficient (Wildman–Crippen LogP) is 0.479. The number of hydrogen-bond acceptors (Lipinski definition) is 4. The first-order chi connectivity index (χ1) is 8.42. The molecule has 1 rings (SSSR count). The minimum atomic E-state index is -0.313. The molecule has 1 fully saturated rings. The van der Waals surface area contributed by atoms with Crippen LogP contribution in [0.4, 0.5) is 0 Å². The zero-order valence-electron chi connectivity index (χ0n) is 11.6. The summed E-state index contributed by atoms with van der Waals surface area (Å²) in [5.41, 5.74) is -0.239. The molecule has 18 heavy (non-hydrogen) atoms. The fraction of sp³-hybridized carbons (Fsp3) is 0.846. The molecule has 0 radical (unpaired) electrons. The van der Waals surface area contributed by atoms with E-state index in [0.717, 1.165) is 32.6 Å². The van der Waals surface area contributed by atoms with Crippen LogP contribution in [0.15, 0.2) is 0 Å². The zero-order chi connectivity index (χ0) is 13.6. The normalized spacial score (nSPS) is 19.7. The van der Waals surface area contributed by atoms with Crippen molar-refractivity contribution in [1.29, 1.82) is 5.26 Å². The van der Waals surface area contributed by atoms with E-state index in [0.29, 0.717) is 0 Å². The van der Waals surface area contributed by atoms with Gasteiger partial charge in [-0.2, -0.15) is 5.26 Å². The summed E-state index contributed by atoms with van der Waals surface area (Å²) >= 11 is 0. The average molecular weight is 252 g/mol. The number of carbonyl (C=O) groups excluding carboxylic acids is 1. The second kappa shape index (κ2) is 6.72. The van der Waals surface area contributed by atoms with E-state index in [-0.39, 0.29) is 23.9 Å². The maximum absolute atomic E-state index is 11.9. The highest BCUT2D eigenvalue weighted by Crippen LogP contribution is 2.08. The van der Waals surface area contributed by atoms with Gasteiger partial charge in [0.25, 0.3) is 0 Å². The van der Waals surface area contributed by atoms with Gasteiger partial charge in [0.15, 0.2) is 0 Å².